The first kappa shape index (κ1) is 17.9. The number of aldehydes is 1. The summed E-state index contributed by atoms with van der Waals surface area (Å²) in [6.07, 6.45) is 2.22. The minimum absolute atomic E-state index is 0.383. The van der Waals surface area contributed by atoms with Crippen LogP contribution in [0.15, 0.2) is 48.7 Å². The summed E-state index contributed by atoms with van der Waals surface area (Å²) in [5.41, 5.74) is 3.88. The van der Waals surface area contributed by atoms with Gasteiger partial charge in [0, 0.05) is 22.9 Å². The van der Waals surface area contributed by atoms with Crippen LogP contribution in [-0.4, -0.2) is 27.1 Å². The van der Waals surface area contributed by atoms with Gasteiger partial charge in [0.2, 0.25) is 0 Å². The summed E-state index contributed by atoms with van der Waals surface area (Å²) in [4.78, 5) is 21.8. The summed E-state index contributed by atoms with van der Waals surface area (Å²) in [7, 11) is 0. The Labute approximate surface area is 159 Å². The number of carbonyl (C=O) groups is 2. The second kappa shape index (κ2) is 7.52. The zero-order valence-electron chi connectivity index (χ0n) is 13.2. The van der Waals surface area contributed by atoms with Crippen LogP contribution in [0.5, 0.6) is 0 Å². The van der Waals surface area contributed by atoms with Gasteiger partial charge in [-0.3, -0.25) is 14.7 Å². The van der Waals surface area contributed by atoms with Crippen molar-refractivity contribution < 1.29 is 9.59 Å². The van der Waals surface area contributed by atoms with Gasteiger partial charge in [-0.1, -0.05) is 53.5 Å². The molecule has 0 unspecified atom stereocenters. The molecule has 3 rings (SSSR count). The molecule has 0 fully saturated rings. The fourth-order valence-electron chi connectivity index (χ4n) is 2.59. The number of aromatic nitrogens is 2. The first-order valence-electron chi connectivity index (χ1n) is 7.51. The highest BCUT2D eigenvalue weighted by atomic mass is 35.5. The Morgan fingerprint density at radius 2 is 1.85 bits per heavy atom. The van der Waals surface area contributed by atoms with Crippen molar-refractivity contribution in [3.05, 3.63) is 65.4 Å². The number of Topliss-reactive ketones (excluding diaryl/α,β-unsaturated/α-hetero) is 1. The average Bonchev–Trinajstić information content (AvgIpc) is 3.15. The molecule has 0 aliphatic carbocycles. The predicted octanol–water partition coefficient (Wildman–Crippen LogP) is 4.41. The number of benzene rings is 2. The molecule has 0 saturated carbocycles. The molecule has 26 heavy (non-hydrogen) atoms. The number of halogens is 2. The SMILES string of the molecule is N#Cc1ccc(-c2n[nH]cc2C=O)cc1-c1ccc(C(=O)C(Cl)Cl)cc1. The van der Waals surface area contributed by atoms with E-state index in [2.05, 4.69) is 16.3 Å². The minimum Gasteiger partial charge on any atom is -0.298 e. The average molecular weight is 384 g/mol. The number of hydrogen-bond donors (Lipinski definition) is 1. The highest BCUT2D eigenvalue weighted by molar-refractivity contribution is 6.55. The van der Waals surface area contributed by atoms with Gasteiger partial charge in [-0.15, -0.1) is 0 Å². The van der Waals surface area contributed by atoms with Crippen LogP contribution in [-0.2, 0) is 0 Å². The van der Waals surface area contributed by atoms with Gasteiger partial charge in [0.15, 0.2) is 16.9 Å². The molecule has 0 aliphatic rings. The Kier molecular flexibility index (Phi) is 5.17. The van der Waals surface area contributed by atoms with Gasteiger partial charge in [0.05, 0.1) is 17.2 Å². The lowest BCUT2D eigenvalue weighted by molar-refractivity contribution is 0.101. The number of carbonyl (C=O) groups excluding carboxylic acids is 2. The number of nitrogens with zero attached hydrogens (tertiary/aromatic N) is 2. The van der Waals surface area contributed by atoms with Crippen molar-refractivity contribution in [1.29, 1.82) is 5.26 Å². The maximum absolute atomic E-state index is 11.8. The fourth-order valence-corrected chi connectivity index (χ4v) is 2.84. The molecule has 1 aromatic heterocycles. The van der Waals surface area contributed by atoms with Crippen LogP contribution >= 0.6 is 23.2 Å². The van der Waals surface area contributed by atoms with Crippen molar-refractivity contribution in [1.82, 2.24) is 10.2 Å². The molecule has 2 aromatic carbocycles. The largest absolute Gasteiger partial charge is 0.298 e. The number of aromatic amines is 1. The molecule has 0 amide bonds. The second-order valence-electron chi connectivity index (χ2n) is 5.42. The Hall–Kier alpha value is -2.94. The molecule has 0 atom stereocenters. The van der Waals surface area contributed by atoms with Crippen molar-refractivity contribution in [2.45, 2.75) is 4.84 Å². The van der Waals surface area contributed by atoms with Crippen LogP contribution in [0.25, 0.3) is 22.4 Å². The van der Waals surface area contributed by atoms with E-state index >= 15 is 0 Å². The van der Waals surface area contributed by atoms with Gasteiger partial charge in [0.1, 0.15) is 5.69 Å². The van der Waals surface area contributed by atoms with Crippen molar-refractivity contribution >= 4 is 35.3 Å². The lowest BCUT2D eigenvalue weighted by Crippen LogP contribution is -2.07. The smallest absolute Gasteiger partial charge is 0.195 e. The monoisotopic (exact) mass is 383 g/mol. The normalized spacial score (nSPS) is 10.5. The predicted molar refractivity (Wildman–Crippen MR) is 99.4 cm³/mol. The zero-order chi connectivity index (χ0) is 18.7. The van der Waals surface area contributed by atoms with Gasteiger partial charge < -0.3 is 0 Å². The molecular formula is C19H11Cl2N3O2. The van der Waals surface area contributed by atoms with E-state index in [1.807, 2.05) is 0 Å². The molecule has 1 heterocycles. The third-order valence-corrected chi connectivity index (χ3v) is 4.29. The molecule has 5 nitrogen and oxygen atoms in total. The summed E-state index contributed by atoms with van der Waals surface area (Å²) < 4.78 is 0. The minimum atomic E-state index is -1.12. The van der Waals surface area contributed by atoms with Crippen LogP contribution in [0.4, 0.5) is 0 Å². The van der Waals surface area contributed by atoms with Crippen LogP contribution < -0.4 is 0 Å². The maximum Gasteiger partial charge on any atom is 0.195 e. The van der Waals surface area contributed by atoms with Crippen molar-refractivity contribution in [2.75, 3.05) is 0 Å². The van der Waals surface area contributed by atoms with E-state index in [1.54, 1.807) is 42.5 Å². The molecule has 0 radical (unpaired) electrons. The number of rotatable bonds is 5. The fraction of sp³-hybridized carbons (Fsp3) is 0.0526. The zero-order valence-corrected chi connectivity index (χ0v) is 14.8. The highest BCUT2D eigenvalue weighted by Gasteiger charge is 2.15. The van der Waals surface area contributed by atoms with Crippen molar-refractivity contribution in [2.24, 2.45) is 0 Å². The number of hydrogen-bond acceptors (Lipinski definition) is 4. The van der Waals surface area contributed by atoms with E-state index < -0.39 is 4.84 Å². The van der Waals surface area contributed by atoms with Crippen LogP contribution in [0.1, 0.15) is 26.3 Å². The summed E-state index contributed by atoms with van der Waals surface area (Å²) in [6, 6.07) is 14.0. The number of nitriles is 1. The van der Waals surface area contributed by atoms with E-state index in [-0.39, 0.29) is 5.78 Å². The molecule has 0 aliphatic heterocycles. The van der Waals surface area contributed by atoms with Crippen LogP contribution in [0, 0.1) is 11.3 Å². The van der Waals surface area contributed by atoms with Gasteiger partial charge in [0.25, 0.3) is 0 Å². The van der Waals surface area contributed by atoms with Gasteiger partial charge >= 0.3 is 0 Å². The maximum atomic E-state index is 11.8. The summed E-state index contributed by atoms with van der Waals surface area (Å²) in [5.74, 6) is -0.388. The second-order valence-corrected chi connectivity index (χ2v) is 6.52. The molecular weight excluding hydrogens is 373 g/mol. The molecule has 7 heteroatoms. The molecule has 1 N–H and O–H groups in total. The Morgan fingerprint density at radius 3 is 2.46 bits per heavy atom. The Balaban J connectivity index is 2.07. The standard InChI is InChI=1S/C19H11Cl2N3O2/c20-19(21)18(26)12-3-1-11(2-4-12)16-7-13(5-6-14(16)8-22)17-15(10-25)9-23-24-17/h1-7,9-10,19H,(H,23,24). The lowest BCUT2D eigenvalue weighted by atomic mass is 9.95. The van der Waals surface area contributed by atoms with Crippen molar-refractivity contribution in [3.8, 4) is 28.5 Å². The van der Waals surface area contributed by atoms with E-state index in [4.69, 9.17) is 23.2 Å². The third-order valence-electron chi connectivity index (χ3n) is 3.89. The Bertz CT molecular complexity index is 1020. The molecule has 0 saturated heterocycles. The summed E-state index contributed by atoms with van der Waals surface area (Å²) in [5, 5.41) is 16.1. The number of H-pyrrole nitrogens is 1. The number of alkyl halides is 2. The summed E-state index contributed by atoms with van der Waals surface area (Å²) >= 11 is 11.2. The highest BCUT2D eigenvalue weighted by Crippen LogP contribution is 2.30. The number of nitrogens with one attached hydrogen (secondary N) is 1. The molecule has 0 spiro atoms. The van der Waals surface area contributed by atoms with E-state index in [9.17, 15) is 14.9 Å². The quantitative estimate of drug-likeness (QED) is 0.401. The third kappa shape index (κ3) is 3.38. The molecule has 128 valence electrons. The number of ketones is 1. The topological polar surface area (TPSA) is 86.6 Å². The van der Waals surface area contributed by atoms with Crippen LogP contribution in [0.2, 0.25) is 0 Å². The van der Waals surface area contributed by atoms with Crippen LogP contribution in [0.3, 0.4) is 0 Å². The first-order chi connectivity index (χ1) is 12.5. The van der Waals surface area contributed by atoms with Gasteiger partial charge in [-0.05, 0) is 17.7 Å². The van der Waals surface area contributed by atoms with E-state index in [0.29, 0.717) is 39.8 Å². The van der Waals surface area contributed by atoms with Gasteiger partial charge in [-0.2, -0.15) is 10.4 Å². The van der Waals surface area contributed by atoms with Gasteiger partial charge in [-0.25, -0.2) is 0 Å². The first-order valence-corrected chi connectivity index (χ1v) is 8.38. The Morgan fingerprint density at radius 1 is 1.15 bits per heavy atom. The van der Waals surface area contributed by atoms with E-state index in [0.717, 1.165) is 5.56 Å². The van der Waals surface area contributed by atoms with Crippen molar-refractivity contribution in [3.63, 3.8) is 0 Å². The van der Waals surface area contributed by atoms with E-state index in [1.165, 1.54) is 6.20 Å². The molecule has 0 bridgehead atoms. The lowest BCUT2D eigenvalue weighted by Gasteiger charge is -2.08. The summed E-state index contributed by atoms with van der Waals surface area (Å²) in [6.45, 7) is 0. The molecule has 3 aromatic rings.